The van der Waals surface area contributed by atoms with Gasteiger partial charge >= 0.3 is 0 Å². The topological polar surface area (TPSA) is 21.3 Å². The minimum absolute atomic E-state index is 0.234. The van der Waals surface area contributed by atoms with Crippen molar-refractivity contribution in [1.82, 2.24) is 0 Å². The van der Waals surface area contributed by atoms with E-state index >= 15 is 0 Å². The average Bonchev–Trinajstić information content (AvgIpc) is 3.07. The molecule has 1 aromatic carbocycles. The maximum Gasteiger partial charge on any atom is 0.0756 e. The molecule has 1 aliphatic carbocycles. The summed E-state index contributed by atoms with van der Waals surface area (Å²) in [6, 6.07) is 8.25. The Morgan fingerprint density at radius 3 is 2.79 bits per heavy atom. The SMILES string of the molecule is ClCc1ccccc1NCC1CCC2(CCCC2)O1. The van der Waals surface area contributed by atoms with Crippen molar-refractivity contribution in [3.05, 3.63) is 29.8 Å². The van der Waals surface area contributed by atoms with E-state index in [2.05, 4.69) is 17.4 Å². The van der Waals surface area contributed by atoms with Gasteiger partial charge < -0.3 is 10.1 Å². The summed E-state index contributed by atoms with van der Waals surface area (Å²) < 4.78 is 6.31. The first-order valence-corrected chi connectivity index (χ1v) is 7.90. The molecule has 0 bridgehead atoms. The van der Waals surface area contributed by atoms with Crippen LogP contribution in [0.5, 0.6) is 0 Å². The second-order valence-corrected chi connectivity index (χ2v) is 6.11. The van der Waals surface area contributed by atoms with E-state index < -0.39 is 0 Å². The zero-order chi connectivity index (χ0) is 13.1. The number of hydrogen-bond acceptors (Lipinski definition) is 2. The molecule has 1 saturated carbocycles. The largest absolute Gasteiger partial charge is 0.382 e. The van der Waals surface area contributed by atoms with Crippen LogP contribution in [0.3, 0.4) is 0 Å². The molecule has 1 atom stereocenters. The predicted molar refractivity (Wildman–Crippen MR) is 79.8 cm³/mol. The van der Waals surface area contributed by atoms with Crippen LogP contribution in [0.2, 0.25) is 0 Å². The van der Waals surface area contributed by atoms with Crippen molar-refractivity contribution in [3.63, 3.8) is 0 Å². The van der Waals surface area contributed by atoms with Crippen LogP contribution in [0.4, 0.5) is 5.69 Å². The molecule has 2 aliphatic rings. The van der Waals surface area contributed by atoms with E-state index in [4.69, 9.17) is 16.3 Å². The second-order valence-electron chi connectivity index (χ2n) is 5.84. The van der Waals surface area contributed by atoms with E-state index in [-0.39, 0.29) is 5.60 Å². The first-order chi connectivity index (χ1) is 9.31. The van der Waals surface area contributed by atoms with E-state index in [0.29, 0.717) is 12.0 Å². The first-order valence-electron chi connectivity index (χ1n) is 7.37. The number of rotatable bonds is 4. The van der Waals surface area contributed by atoms with E-state index in [1.165, 1.54) is 38.5 Å². The fourth-order valence-electron chi connectivity index (χ4n) is 3.46. The molecule has 0 aromatic heterocycles. The summed E-state index contributed by atoms with van der Waals surface area (Å²) in [5.41, 5.74) is 2.55. The van der Waals surface area contributed by atoms with Gasteiger partial charge in [0.15, 0.2) is 0 Å². The molecule has 1 aromatic rings. The molecule has 1 unspecified atom stereocenters. The second kappa shape index (κ2) is 5.72. The van der Waals surface area contributed by atoms with Gasteiger partial charge in [0.1, 0.15) is 0 Å². The fraction of sp³-hybridized carbons (Fsp3) is 0.625. The van der Waals surface area contributed by atoms with Crippen molar-refractivity contribution in [3.8, 4) is 0 Å². The molecule has 19 heavy (non-hydrogen) atoms. The summed E-state index contributed by atoms with van der Waals surface area (Å²) >= 11 is 5.95. The van der Waals surface area contributed by atoms with Gasteiger partial charge in [-0.2, -0.15) is 0 Å². The van der Waals surface area contributed by atoms with Crippen LogP contribution < -0.4 is 5.32 Å². The number of hydrogen-bond donors (Lipinski definition) is 1. The maximum absolute atomic E-state index is 6.31. The summed E-state index contributed by atoms with van der Waals surface area (Å²) in [6.07, 6.45) is 8.02. The minimum atomic E-state index is 0.234. The first kappa shape index (κ1) is 13.3. The van der Waals surface area contributed by atoms with Gasteiger partial charge in [-0.3, -0.25) is 0 Å². The van der Waals surface area contributed by atoms with Gasteiger partial charge in [0.05, 0.1) is 11.7 Å². The van der Waals surface area contributed by atoms with Crippen molar-refractivity contribution >= 4 is 17.3 Å². The molecule has 1 spiro atoms. The Labute approximate surface area is 120 Å². The Bertz CT molecular complexity index is 429. The smallest absolute Gasteiger partial charge is 0.0756 e. The summed E-state index contributed by atoms with van der Waals surface area (Å²) in [6.45, 7) is 0.898. The number of para-hydroxylation sites is 1. The summed E-state index contributed by atoms with van der Waals surface area (Å²) in [4.78, 5) is 0. The lowest BCUT2D eigenvalue weighted by Gasteiger charge is -2.24. The Kier molecular flexibility index (Phi) is 3.99. The van der Waals surface area contributed by atoms with Crippen LogP contribution in [0, 0.1) is 0 Å². The number of ether oxygens (including phenoxy) is 1. The highest BCUT2D eigenvalue weighted by atomic mass is 35.5. The summed E-state index contributed by atoms with van der Waals surface area (Å²) in [5, 5.41) is 3.50. The van der Waals surface area contributed by atoms with Crippen molar-refractivity contribution < 1.29 is 4.74 Å². The molecule has 2 fully saturated rings. The highest BCUT2D eigenvalue weighted by Crippen LogP contribution is 2.43. The predicted octanol–water partition coefficient (Wildman–Crippen LogP) is 4.33. The Morgan fingerprint density at radius 2 is 2.00 bits per heavy atom. The molecule has 2 nitrogen and oxygen atoms in total. The quantitative estimate of drug-likeness (QED) is 0.829. The molecular formula is C16H22ClNO. The lowest BCUT2D eigenvalue weighted by Crippen LogP contribution is -2.28. The lowest BCUT2D eigenvalue weighted by molar-refractivity contribution is -0.0307. The van der Waals surface area contributed by atoms with E-state index in [1.807, 2.05) is 12.1 Å². The lowest BCUT2D eigenvalue weighted by atomic mass is 9.98. The number of nitrogens with one attached hydrogen (secondary N) is 1. The van der Waals surface area contributed by atoms with Gasteiger partial charge in [0.2, 0.25) is 0 Å². The van der Waals surface area contributed by atoms with E-state index in [1.54, 1.807) is 0 Å². The van der Waals surface area contributed by atoms with Crippen molar-refractivity contribution in [1.29, 1.82) is 0 Å². The fourth-order valence-corrected chi connectivity index (χ4v) is 3.69. The molecule has 3 heteroatoms. The van der Waals surface area contributed by atoms with Gasteiger partial charge in [-0.05, 0) is 37.3 Å². The Hall–Kier alpha value is -0.730. The third kappa shape index (κ3) is 2.90. The molecule has 1 aliphatic heterocycles. The highest BCUT2D eigenvalue weighted by Gasteiger charge is 2.41. The van der Waals surface area contributed by atoms with Crippen molar-refractivity contribution in [2.45, 2.75) is 56.1 Å². The van der Waals surface area contributed by atoms with Crippen LogP contribution in [-0.4, -0.2) is 18.2 Å². The number of anilines is 1. The van der Waals surface area contributed by atoms with Gasteiger partial charge in [0.25, 0.3) is 0 Å². The standard InChI is InChI=1S/C16H22ClNO/c17-11-13-5-1-2-6-15(13)18-12-14-7-10-16(19-14)8-3-4-9-16/h1-2,5-6,14,18H,3-4,7-12H2. The molecular weight excluding hydrogens is 258 g/mol. The van der Waals surface area contributed by atoms with Crippen LogP contribution in [-0.2, 0) is 10.6 Å². The van der Waals surface area contributed by atoms with Crippen LogP contribution in [0.1, 0.15) is 44.1 Å². The average molecular weight is 280 g/mol. The third-order valence-corrected chi connectivity index (χ3v) is 4.82. The number of halogens is 1. The zero-order valence-corrected chi connectivity index (χ0v) is 12.1. The summed E-state index contributed by atoms with van der Waals surface area (Å²) in [7, 11) is 0. The summed E-state index contributed by atoms with van der Waals surface area (Å²) in [5.74, 6) is 0.554. The normalized spacial score (nSPS) is 25.0. The van der Waals surface area contributed by atoms with Crippen LogP contribution in [0.15, 0.2) is 24.3 Å². The minimum Gasteiger partial charge on any atom is -0.382 e. The molecule has 1 heterocycles. The zero-order valence-electron chi connectivity index (χ0n) is 11.3. The molecule has 0 radical (unpaired) electrons. The van der Waals surface area contributed by atoms with Gasteiger partial charge in [-0.1, -0.05) is 31.0 Å². The third-order valence-electron chi connectivity index (χ3n) is 4.53. The van der Waals surface area contributed by atoms with E-state index in [9.17, 15) is 0 Å². The Morgan fingerprint density at radius 1 is 1.21 bits per heavy atom. The highest BCUT2D eigenvalue weighted by molar-refractivity contribution is 6.17. The van der Waals surface area contributed by atoms with Crippen LogP contribution in [0.25, 0.3) is 0 Å². The van der Waals surface area contributed by atoms with Gasteiger partial charge in [-0.25, -0.2) is 0 Å². The molecule has 1 saturated heterocycles. The Balaban J connectivity index is 1.55. The van der Waals surface area contributed by atoms with Crippen molar-refractivity contribution in [2.75, 3.05) is 11.9 Å². The van der Waals surface area contributed by atoms with Gasteiger partial charge in [-0.15, -0.1) is 11.6 Å². The molecule has 1 N–H and O–H groups in total. The van der Waals surface area contributed by atoms with Crippen LogP contribution >= 0.6 is 11.6 Å². The maximum atomic E-state index is 6.31. The number of benzene rings is 1. The molecule has 0 amide bonds. The monoisotopic (exact) mass is 279 g/mol. The van der Waals surface area contributed by atoms with Gasteiger partial charge in [0, 0.05) is 18.1 Å². The van der Waals surface area contributed by atoms with Crippen molar-refractivity contribution in [2.24, 2.45) is 0 Å². The number of alkyl halides is 1. The van der Waals surface area contributed by atoms with E-state index in [0.717, 1.165) is 17.8 Å². The molecule has 104 valence electrons. The molecule has 3 rings (SSSR count).